The second-order valence-corrected chi connectivity index (χ2v) is 41.9. The highest BCUT2D eigenvalue weighted by Crippen LogP contribution is 2.32. The normalized spacial score (nSPS) is 15.1. The van der Waals surface area contributed by atoms with Gasteiger partial charge in [0.1, 0.15) is 0 Å². The molecule has 0 aromatic carbocycles. The van der Waals surface area contributed by atoms with Gasteiger partial charge in [0.15, 0.2) is 33.3 Å². The van der Waals surface area contributed by atoms with Gasteiger partial charge in [-0.1, -0.05) is 26.2 Å². The molecule has 0 rings (SSSR count). The van der Waals surface area contributed by atoms with Crippen LogP contribution in [0.2, 0.25) is 105 Å². The molecule has 0 saturated carbocycles. The Bertz CT molecular complexity index is 498. The van der Waals surface area contributed by atoms with Crippen molar-refractivity contribution in [2.75, 3.05) is 12.5 Å². The molecule has 0 saturated heterocycles. The first-order valence-corrected chi connectivity index (χ1v) is 34.0. The molecule has 0 aromatic rings. The number of hydrogen-bond acceptors (Lipinski definition) is 7. The predicted molar refractivity (Wildman–Crippen MR) is 157 cm³/mol. The molecule has 0 N–H and O–H groups in total. The Kier molecular flexibility index (Phi) is 13.4. The molecule has 15 heteroatoms. The summed E-state index contributed by atoms with van der Waals surface area (Å²) in [5.41, 5.74) is 0. The maximum absolute atomic E-state index is 6.95. The van der Waals surface area contributed by atoms with E-state index < -0.39 is 69.0 Å². The largest absolute Gasteiger partial charge is 0.652 e. The van der Waals surface area contributed by atoms with Crippen LogP contribution in [0.25, 0.3) is 0 Å². The molecule has 7 nitrogen and oxygen atoms in total. The molecule has 0 spiro atoms. The second kappa shape index (κ2) is 12.8. The van der Waals surface area contributed by atoms with Gasteiger partial charge in [-0.2, -0.15) is 0 Å². The van der Waals surface area contributed by atoms with Crippen molar-refractivity contribution < 1.29 is 29.4 Å². The fraction of sp³-hybridized carbons (Fsp3) is 1.00. The van der Waals surface area contributed by atoms with Gasteiger partial charge in [-0.3, -0.25) is 0 Å². The van der Waals surface area contributed by atoms with Gasteiger partial charge in [-0.25, -0.2) is 0 Å². The smallest absolute Gasteiger partial charge is 0.395 e. The van der Waals surface area contributed by atoms with Crippen LogP contribution in [0.1, 0.15) is 0 Å². The maximum Gasteiger partial charge on any atom is 0.652 e. The van der Waals surface area contributed by atoms with Gasteiger partial charge in [0.2, 0.25) is 0 Å². The molecular weight excluding hydrogens is 553 g/mol. The lowest BCUT2D eigenvalue weighted by atomic mass is 11.7. The zero-order valence-corrected chi connectivity index (χ0v) is 32.3. The molecule has 0 unspecified atom stereocenters. The van der Waals surface area contributed by atoms with E-state index in [4.69, 9.17) is 29.4 Å². The Morgan fingerprint density at radius 1 is 0.394 bits per heavy atom. The van der Waals surface area contributed by atoms with Crippen LogP contribution in [0, 0.1) is 0 Å². The van der Waals surface area contributed by atoms with Gasteiger partial charge in [-0.05, 0) is 78.6 Å². The molecule has 0 heterocycles. The van der Waals surface area contributed by atoms with E-state index in [2.05, 4.69) is 105 Å². The van der Waals surface area contributed by atoms with Gasteiger partial charge in [0, 0.05) is 12.5 Å². The van der Waals surface area contributed by atoms with Crippen molar-refractivity contribution >= 4 is 69.0 Å². The van der Waals surface area contributed by atoms with Gasteiger partial charge in [0.05, 0.1) is 17.6 Å². The van der Waals surface area contributed by atoms with E-state index in [1.807, 2.05) is 0 Å². The van der Waals surface area contributed by atoms with Crippen LogP contribution >= 0.6 is 0 Å². The quantitative estimate of drug-likeness (QED) is 0.203. The van der Waals surface area contributed by atoms with Crippen LogP contribution in [0.4, 0.5) is 0 Å². The number of hydrogen-bond donors (Lipinski definition) is 0. The Labute approximate surface area is 214 Å². The average molecular weight is 605 g/mol. The molecule has 0 aliphatic heterocycles. The topological polar surface area (TPSA) is 64.6 Å². The summed E-state index contributed by atoms with van der Waals surface area (Å²) in [5.74, 6) is 0. The summed E-state index contributed by atoms with van der Waals surface area (Å²) in [7, 11) is -17.2. The summed E-state index contributed by atoms with van der Waals surface area (Å²) < 4.78 is 47.0. The second-order valence-electron chi connectivity index (χ2n) is 13.0. The maximum atomic E-state index is 6.95. The van der Waals surface area contributed by atoms with Crippen LogP contribution in [-0.2, 0) is 29.4 Å². The minimum Gasteiger partial charge on any atom is -0.395 e. The first-order valence-electron chi connectivity index (χ1n) is 11.7. The molecule has 0 amide bonds. The highest BCUT2D eigenvalue weighted by Gasteiger charge is 2.63. The first kappa shape index (κ1) is 34.5. The van der Waals surface area contributed by atoms with E-state index >= 15 is 0 Å². The predicted octanol–water partition coefficient (Wildman–Crippen LogP) is 5.90. The van der Waals surface area contributed by atoms with Crippen molar-refractivity contribution in [1.29, 1.82) is 0 Å². The summed E-state index contributed by atoms with van der Waals surface area (Å²) in [6.07, 6.45) is 1.15. The highest BCUT2D eigenvalue weighted by atomic mass is 28.6. The van der Waals surface area contributed by atoms with Crippen LogP contribution in [0.3, 0.4) is 0 Å². The first-order chi connectivity index (χ1) is 14.4. The molecule has 0 aromatic heterocycles. The fourth-order valence-corrected chi connectivity index (χ4v) is 24.0. The summed E-state index contributed by atoms with van der Waals surface area (Å²) in [5, 5.41) is 0. The standard InChI is InChI=1S/C18H52O7Si8/c1-26(2)17-19-32(21-28(5,6)7,22-29(8,9)10)25-33(20-18-27(3)4,23-30(11,12)13)24-31(14,15)16/h17-18H2,1-16H3. The van der Waals surface area contributed by atoms with Gasteiger partial charge < -0.3 is 29.4 Å². The summed E-state index contributed by atoms with van der Waals surface area (Å²) in [6, 6.07) is 0. The third kappa shape index (κ3) is 17.5. The monoisotopic (exact) mass is 604 g/mol. The Balaban J connectivity index is 6.78. The Morgan fingerprint density at radius 3 is 0.758 bits per heavy atom. The molecule has 2 radical (unpaired) electrons. The van der Waals surface area contributed by atoms with E-state index in [0.717, 1.165) is 0 Å². The zero-order valence-electron chi connectivity index (χ0n) is 24.3. The van der Waals surface area contributed by atoms with E-state index in [1.54, 1.807) is 0 Å². The molecule has 0 atom stereocenters. The van der Waals surface area contributed by atoms with Crippen molar-refractivity contribution in [1.82, 2.24) is 0 Å². The minimum atomic E-state index is -3.64. The van der Waals surface area contributed by atoms with E-state index in [0.29, 0.717) is 12.5 Å². The highest BCUT2D eigenvalue weighted by molar-refractivity contribution is 6.89. The van der Waals surface area contributed by atoms with Gasteiger partial charge in [0.25, 0.3) is 0 Å². The summed E-state index contributed by atoms with van der Waals surface area (Å²) in [4.78, 5) is 0. The third-order valence-electron chi connectivity index (χ3n) is 3.05. The molecule has 0 aliphatic rings. The summed E-state index contributed by atoms with van der Waals surface area (Å²) in [6.45, 7) is 34.5. The minimum absolute atomic E-state index is 0.576. The van der Waals surface area contributed by atoms with Crippen LogP contribution in [-0.4, -0.2) is 81.4 Å². The molecular formula is C18H52O7Si8. The molecule has 0 aliphatic carbocycles. The van der Waals surface area contributed by atoms with E-state index in [-0.39, 0.29) is 0 Å². The van der Waals surface area contributed by atoms with Crippen molar-refractivity contribution in [3.05, 3.63) is 0 Å². The van der Waals surface area contributed by atoms with Gasteiger partial charge >= 0.3 is 18.1 Å². The SMILES string of the molecule is C[Si](C)CO[Si](O[Si](C)(C)C)(O[Si](C)(C)C)O[Si](OC[Si](C)C)(O[Si](C)(C)C)O[Si](C)(C)C. The summed E-state index contributed by atoms with van der Waals surface area (Å²) >= 11 is 0. The molecule has 198 valence electrons. The van der Waals surface area contributed by atoms with Crippen LogP contribution < -0.4 is 0 Å². The Morgan fingerprint density at radius 2 is 0.606 bits per heavy atom. The molecule has 0 bridgehead atoms. The van der Waals surface area contributed by atoms with Crippen molar-refractivity contribution in [3.63, 3.8) is 0 Å². The van der Waals surface area contributed by atoms with E-state index in [9.17, 15) is 0 Å². The molecule has 0 fully saturated rings. The number of rotatable bonds is 16. The molecule has 33 heavy (non-hydrogen) atoms. The lowest BCUT2D eigenvalue weighted by Crippen LogP contribution is -2.70. The third-order valence-corrected chi connectivity index (χ3v) is 21.9. The van der Waals surface area contributed by atoms with E-state index in [1.165, 1.54) is 0 Å². The van der Waals surface area contributed by atoms with Crippen molar-refractivity contribution in [3.8, 4) is 0 Å². The Hall–Kier alpha value is 1.46. The lowest BCUT2D eigenvalue weighted by molar-refractivity contribution is 0.0241. The fourth-order valence-electron chi connectivity index (χ4n) is 2.42. The average Bonchev–Trinajstić information content (AvgIpc) is 2.44. The van der Waals surface area contributed by atoms with Gasteiger partial charge in [-0.15, -0.1) is 0 Å². The van der Waals surface area contributed by atoms with Crippen LogP contribution in [0.5, 0.6) is 0 Å². The van der Waals surface area contributed by atoms with Crippen molar-refractivity contribution in [2.24, 2.45) is 0 Å². The van der Waals surface area contributed by atoms with Crippen molar-refractivity contribution in [2.45, 2.75) is 105 Å². The zero-order chi connectivity index (χ0) is 26.5. The van der Waals surface area contributed by atoms with Crippen LogP contribution in [0.15, 0.2) is 0 Å². The lowest BCUT2D eigenvalue weighted by Gasteiger charge is -2.44.